The Morgan fingerprint density at radius 1 is 0.821 bits per heavy atom. The zero-order valence-corrected chi connectivity index (χ0v) is 22.2. The lowest BCUT2D eigenvalue weighted by Gasteiger charge is -2.22. The third kappa shape index (κ3) is 7.30. The fraction of sp³-hybridized carbons (Fsp3) is 0.250. The van der Waals surface area contributed by atoms with Crippen LogP contribution < -0.4 is 5.32 Å². The first kappa shape index (κ1) is 28.0. The van der Waals surface area contributed by atoms with Gasteiger partial charge in [0.2, 0.25) is 0 Å². The number of halogens is 1. The van der Waals surface area contributed by atoms with Gasteiger partial charge >= 0.3 is 5.97 Å². The van der Waals surface area contributed by atoms with Gasteiger partial charge in [-0.1, -0.05) is 79.4 Å². The Bertz CT molecular complexity index is 1390. The number of Topliss-reactive ketones (excluding diaryl/α,β-unsaturated/α-hetero) is 1. The van der Waals surface area contributed by atoms with Gasteiger partial charge in [-0.3, -0.25) is 19.2 Å². The molecule has 0 saturated heterocycles. The second kappa shape index (κ2) is 13.2. The van der Waals surface area contributed by atoms with Crippen molar-refractivity contribution in [3.8, 4) is 0 Å². The Morgan fingerprint density at radius 3 is 2.08 bits per heavy atom. The van der Waals surface area contributed by atoms with Crippen molar-refractivity contribution in [2.45, 2.75) is 44.4 Å². The van der Waals surface area contributed by atoms with Crippen molar-refractivity contribution in [3.05, 3.63) is 112 Å². The van der Waals surface area contributed by atoms with Crippen LogP contribution in [0.1, 0.15) is 86.6 Å². The summed E-state index contributed by atoms with van der Waals surface area (Å²) in [7, 11) is 0. The number of nitrogens with one attached hydrogen (secondary N) is 1. The minimum Gasteiger partial charge on any atom is -0.481 e. The van der Waals surface area contributed by atoms with Gasteiger partial charge in [-0.15, -0.1) is 0 Å². The van der Waals surface area contributed by atoms with Crippen LogP contribution in [0.25, 0.3) is 5.57 Å². The van der Waals surface area contributed by atoms with Gasteiger partial charge in [-0.2, -0.15) is 0 Å². The number of amides is 1. The molecule has 1 fully saturated rings. The van der Waals surface area contributed by atoms with E-state index >= 15 is 0 Å². The largest absolute Gasteiger partial charge is 0.481 e. The van der Waals surface area contributed by atoms with Gasteiger partial charge in [0.1, 0.15) is 0 Å². The molecule has 1 amide bonds. The molecule has 4 rings (SSSR count). The molecule has 0 radical (unpaired) electrons. The molecule has 0 bridgehead atoms. The first-order valence-electron chi connectivity index (χ1n) is 13.1. The topological polar surface area (TPSA) is 101 Å². The molecular formula is C32H30ClNO5. The maximum absolute atomic E-state index is 13.7. The smallest absolute Gasteiger partial charge is 0.305 e. The number of ketones is 2. The second-order valence-corrected chi connectivity index (χ2v) is 10.1. The fourth-order valence-electron chi connectivity index (χ4n) is 4.83. The minimum atomic E-state index is -1.01. The molecule has 6 nitrogen and oxygen atoms in total. The summed E-state index contributed by atoms with van der Waals surface area (Å²) in [6, 6.07) is 20.6. The van der Waals surface area contributed by atoms with E-state index in [1.165, 1.54) is 55.2 Å². The van der Waals surface area contributed by atoms with Crippen molar-refractivity contribution in [2.24, 2.45) is 0 Å². The third-order valence-corrected chi connectivity index (χ3v) is 7.32. The molecule has 200 valence electrons. The Labute approximate surface area is 232 Å². The van der Waals surface area contributed by atoms with Crippen LogP contribution in [0.2, 0.25) is 5.02 Å². The summed E-state index contributed by atoms with van der Waals surface area (Å²) in [6.07, 6.45) is 7.15. The average Bonchev–Trinajstić information content (AvgIpc) is 2.96. The standard InChI is InChI=1S/C32H30ClNO5/c33-28-9-5-4-8-26(28)29(35)20-27(23-12-10-22(11-13-23)21-6-2-1-3-7-21)31(38)24-14-16-25(17-15-24)32(39)34-19-18-30(36)37/h4-5,8-17,20-21H,1-3,6-7,18-19H2,(H,34,39)(H,36,37). The zero-order valence-electron chi connectivity index (χ0n) is 21.5. The number of allylic oxidation sites excluding steroid dienone is 2. The van der Waals surface area contributed by atoms with E-state index in [-0.39, 0.29) is 30.1 Å². The molecule has 0 unspecified atom stereocenters. The summed E-state index contributed by atoms with van der Waals surface area (Å²) in [6.45, 7) is 0.00272. The fourth-order valence-corrected chi connectivity index (χ4v) is 5.06. The van der Waals surface area contributed by atoms with E-state index in [0.29, 0.717) is 33.2 Å². The quantitative estimate of drug-likeness (QED) is 0.218. The highest BCUT2D eigenvalue weighted by Crippen LogP contribution is 2.33. The van der Waals surface area contributed by atoms with Crippen LogP contribution in [0.3, 0.4) is 0 Å². The van der Waals surface area contributed by atoms with E-state index < -0.39 is 11.9 Å². The predicted molar refractivity (Wildman–Crippen MR) is 151 cm³/mol. The maximum Gasteiger partial charge on any atom is 0.305 e. The molecule has 0 aliphatic heterocycles. The predicted octanol–water partition coefficient (Wildman–Crippen LogP) is 6.74. The highest BCUT2D eigenvalue weighted by molar-refractivity contribution is 6.37. The number of carboxylic acids is 1. The molecule has 1 aliphatic rings. The molecule has 39 heavy (non-hydrogen) atoms. The number of rotatable bonds is 10. The molecular weight excluding hydrogens is 514 g/mol. The summed E-state index contributed by atoms with van der Waals surface area (Å²) in [5.41, 5.74) is 3.00. The molecule has 0 spiro atoms. The van der Waals surface area contributed by atoms with Crippen LogP contribution in [0.15, 0.2) is 78.9 Å². The molecule has 1 saturated carbocycles. The summed E-state index contributed by atoms with van der Waals surface area (Å²) in [5.74, 6) is -1.67. The first-order chi connectivity index (χ1) is 18.8. The SMILES string of the molecule is O=C(O)CCNC(=O)c1ccc(C(=O)C(=CC(=O)c2ccccc2Cl)c2ccc(C3CCCCC3)cc2)cc1. The van der Waals surface area contributed by atoms with E-state index in [0.717, 1.165) is 12.8 Å². The number of benzene rings is 3. The normalized spacial score (nSPS) is 14.0. The van der Waals surface area contributed by atoms with Crippen molar-refractivity contribution >= 4 is 40.6 Å². The summed E-state index contributed by atoms with van der Waals surface area (Å²) < 4.78 is 0. The maximum atomic E-state index is 13.7. The van der Waals surface area contributed by atoms with Gasteiger partial charge in [0.25, 0.3) is 5.91 Å². The third-order valence-electron chi connectivity index (χ3n) is 6.99. The van der Waals surface area contributed by atoms with Gasteiger partial charge in [0.15, 0.2) is 11.6 Å². The van der Waals surface area contributed by atoms with Crippen LogP contribution >= 0.6 is 11.6 Å². The van der Waals surface area contributed by atoms with Crippen molar-refractivity contribution in [1.29, 1.82) is 0 Å². The van der Waals surface area contributed by atoms with Crippen molar-refractivity contribution in [1.82, 2.24) is 5.32 Å². The number of carbonyl (C=O) groups is 4. The molecule has 2 N–H and O–H groups in total. The summed E-state index contributed by atoms with van der Waals surface area (Å²) in [5, 5.41) is 11.6. The zero-order chi connectivity index (χ0) is 27.8. The van der Waals surface area contributed by atoms with E-state index in [4.69, 9.17) is 16.7 Å². The number of hydrogen-bond acceptors (Lipinski definition) is 4. The molecule has 3 aromatic rings. The van der Waals surface area contributed by atoms with Gasteiger partial charge in [-0.25, -0.2) is 0 Å². The summed E-state index contributed by atoms with van der Waals surface area (Å²) >= 11 is 6.25. The second-order valence-electron chi connectivity index (χ2n) is 9.67. The first-order valence-corrected chi connectivity index (χ1v) is 13.5. The van der Waals surface area contributed by atoms with Gasteiger partial charge < -0.3 is 10.4 Å². The van der Waals surface area contributed by atoms with E-state index in [2.05, 4.69) is 5.32 Å². The van der Waals surface area contributed by atoms with E-state index in [1.54, 1.807) is 24.3 Å². The number of carboxylic acid groups (broad SMARTS) is 1. The van der Waals surface area contributed by atoms with Gasteiger partial charge in [0.05, 0.1) is 11.4 Å². The highest BCUT2D eigenvalue weighted by Gasteiger charge is 2.20. The number of hydrogen-bond donors (Lipinski definition) is 2. The molecule has 3 aromatic carbocycles. The number of aliphatic carboxylic acids is 1. The van der Waals surface area contributed by atoms with Crippen molar-refractivity contribution in [3.63, 3.8) is 0 Å². The lowest BCUT2D eigenvalue weighted by atomic mass is 9.83. The van der Waals surface area contributed by atoms with Crippen molar-refractivity contribution < 1.29 is 24.3 Å². The lowest BCUT2D eigenvalue weighted by Crippen LogP contribution is -2.26. The van der Waals surface area contributed by atoms with E-state index in [1.807, 2.05) is 24.3 Å². The van der Waals surface area contributed by atoms with Crippen LogP contribution in [-0.2, 0) is 4.79 Å². The lowest BCUT2D eigenvalue weighted by molar-refractivity contribution is -0.136. The van der Waals surface area contributed by atoms with E-state index in [9.17, 15) is 19.2 Å². The molecule has 7 heteroatoms. The molecule has 0 aromatic heterocycles. The van der Waals surface area contributed by atoms with Crippen LogP contribution in [-0.4, -0.2) is 35.1 Å². The average molecular weight is 544 g/mol. The molecule has 1 aliphatic carbocycles. The van der Waals surface area contributed by atoms with Crippen LogP contribution in [0, 0.1) is 0 Å². The number of carbonyl (C=O) groups excluding carboxylic acids is 3. The minimum absolute atomic E-state index is 0.00272. The van der Waals surface area contributed by atoms with Crippen LogP contribution in [0.5, 0.6) is 0 Å². The Morgan fingerprint density at radius 2 is 1.44 bits per heavy atom. The highest BCUT2D eigenvalue weighted by atomic mass is 35.5. The molecule has 0 atom stereocenters. The Balaban J connectivity index is 1.62. The monoisotopic (exact) mass is 543 g/mol. The Hall–Kier alpha value is -4.03. The van der Waals surface area contributed by atoms with Crippen molar-refractivity contribution in [2.75, 3.05) is 6.54 Å². The summed E-state index contributed by atoms with van der Waals surface area (Å²) in [4.78, 5) is 49.9. The van der Waals surface area contributed by atoms with Gasteiger partial charge in [0, 0.05) is 28.8 Å². The van der Waals surface area contributed by atoms with Gasteiger partial charge in [-0.05, 0) is 60.2 Å². The molecule has 0 heterocycles. The Kier molecular flexibility index (Phi) is 9.45. The van der Waals surface area contributed by atoms with Crippen LogP contribution in [0.4, 0.5) is 0 Å².